The highest BCUT2D eigenvalue weighted by atomic mass is 16.4. The smallest absolute Gasteiger partial charge is 0.226 e. The molecule has 0 saturated heterocycles. The van der Waals surface area contributed by atoms with Crippen LogP contribution in [0.2, 0.25) is 0 Å². The van der Waals surface area contributed by atoms with E-state index in [1.54, 1.807) is 0 Å². The van der Waals surface area contributed by atoms with Crippen LogP contribution in [0.5, 0.6) is 0 Å². The highest BCUT2D eigenvalue weighted by Gasteiger charge is 2.11. The molecule has 0 aliphatic rings. The van der Waals surface area contributed by atoms with Crippen LogP contribution in [-0.2, 0) is 0 Å². The second-order valence-electron chi connectivity index (χ2n) is 4.48. The largest absolute Gasteiger partial charge is 0.441 e. The SMILES string of the molecule is CCNC/C=C(\C)c1nc(-c2ccccc2)oc1C. The third-order valence-electron chi connectivity index (χ3n) is 2.99. The normalized spacial score (nSPS) is 11.8. The Balaban J connectivity index is 2.24. The van der Waals surface area contributed by atoms with E-state index in [-0.39, 0.29) is 0 Å². The molecule has 1 aromatic heterocycles. The van der Waals surface area contributed by atoms with Crippen molar-refractivity contribution in [2.45, 2.75) is 20.8 Å². The van der Waals surface area contributed by atoms with Gasteiger partial charge in [0.05, 0.1) is 0 Å². The maximum Gasteiger partial charge on any atom is 0.226 e. The lowest BCUT2D eigenvalue weighted by Gasteiger charge is -1.98. The van der Waals surface area contributed by atoms with E-state index in [1.165, 1.54) is 0 Å². The van der Waals surface area contributed by atoms with Crippen molar-refractivity contribution >= 4 is 5.57 Å². The molecule has 0 aliphatic carbocycles. The summed E-state index contributed by atoms with van der Waals surface area (Å²) in [6.07, 6.45) is 2.14. The van der Waals surface area contributed by atoms with Gasteiger partial charge in [-0.2, -0.15) is 0 Å². The van der Waals surface area contributed by atoms with Gasteiger partial charge < -0.3 is 9.73 Å². The lowest BCUT2D eigenvalue weighted by molar-refractivity contribution is 0.542. The maximum absolute atomic E-state index is 5.76. The fourth-order valence-corrected chi connectivity index (χ4v) is 1.93. The van der Waals surface area contributed by atoms with Crippen LogP contribution in [0.4, 0.5) is 0 Å². The first-order chi connectivity index (χ1) is 9.22. The molecule has 0 atom stereocenters. The Morgan fingerprint density at radius 1 is 1.32 bits per heavy atom. The fraction of sp³-hybridized carbons (Fsp3) is 0.312. The molecule has 2 aromatic rings. The van der Waals surface area contributed by atoms with Crippen LogP contribution in [0, 0.1) is 6.92 Å². The molecule has 3 nitrogen and oxygen atoms in total. The summed E-state index contributed by atoms with van der Waals surface area (Å²) in [5.74, 6) is 1.55. The number of oxazole rings is 1. The molecular weight excluding hydrogens is 236 g/mol. The van der Waals surface area contributed by atoms with Crippen LogP contribution in [0.3, 0.4) is 0 Å². The Labute approximate surface area is 114 Å². The predicted octanol–water partition coefficient (Wildman–Crippen LogP) is 3.66. The third kappa shape index (κ3) is 3.32. The van der Waals surface area contributed by atoms with Crippen LogP contribution in [0.1, 0.15) is 25.3 Å². The Morgan fingerprint density at radius 3 is 2.74 bits per heavy atom. The third-order valence-corrected chi connectivity index (χ3v) is 2.99. The molecule has 0 fully saturated rings. The van der Waals surface area contributed by atoms with Gasteiger partial charge in [-0.3, -0.25) is 0 Å². The number of aryl methyl sites for hydroxylation is 1. The van der Waals surface area contributed by atoms with E-state index in [0.29, 0.717) is 5.89 Å². The molecule has 3 heteroatoms. The lowest BCUT2D eigenvalue weighted by Crippen LogP contribution is -2.12. The number of nitrogens with one attached hydrogen (secondary N) is 1. The van der Waals surface area contributed by atoms with Crippen molar-refractivity contribution in [3.63, 3.8) is 0 Å². The lowest BCUT2D eigenvalue weighted by atomic mass is 10.2. The Kier molecular flexibility index (Phi) is 4.53. The highest BCUT2D eigenvalue weighted by molar-refractivity contribution is 5.65. The first-order valence-electron chi connectivity index (χ1n) is 6.63. The Morgan fingerprint density at radius 2 is 2.05 bits per heavy atom. The molecule has 0 radical (unpaired) electrons. The zero-order valence-electron chi connectivity index (χ0n) is 11.7. The van der Waals surface area contributed by atoms with Crippen molar-refractivity contribution in [3.05, 3.63) is 47.9 Å². The van der Waals surface area contributed by atoms with E-state index in [4.69, 9.17) is 4.42 Å². The molecule has 0 aliphatic heterocycles. The van der Waals surface area contributed by atoms with Gasteiger partial charge >= 0.3 is 0 Å². The van der Waals surface area contributed by atoms with Crippen LogP contribution >= 0.6 is 0 Å². The van der Waals surface area contributed by atoms with Gasteiger partial charge in [0, 0.05) is 12.1 Å². The van der Waals surface area contributed by atoms with E-state index < -0.39 is 0 Å². The average molecular weight is 256 g/mol. The minimum Gasteiger partial charge on any atom is -0.441 e. The minimum atomic E-state index is 0.685. The summed E-state index contributed by atoms with van der Waals surface area (Å²) in [7, 11) is 0. The van der Waals surface area contributed by atoms with Gasteiger partial charge in [0.25, 0.3) is 0 Å². The first-order valence-corrected chi connectivity index (χ1v) is 6.63. The standard InChI is InChI=1S/C16H20N2O/c1-4-17-11-10-12(2)15-13(3)19-16(18-15)14-8-6-5-7-9-14/h5-10,17H,4,11H2,1-3H3/b12-10+. The van der Waals surface area contributed by atoms with Gasteiger partial charge in [-0.25, -0.2) is 4.98 Å². The molecule has 1 aromatic carbocycles. The summed E-state index contributed by atoms with van der Waals surface area (Å²) in [4.78, 5) is 4.60. The van der Waals surface area contributed by atoms with Crippen LogP contribution in [0.25, 0.3) is 17.0 Å². The van der Waals surface area contributed by atoms with Crippen molar-refractivity contribution in [1.82, 2.24) is 10.3 Å². The van der Waals surface area contributed by atoms with Crippen molar-refractivity contribution in [3.8, 4) is 11.5 Å². The first kappa shape index (κ1) is 13.6. The van der Waals surface area contributed by atoms with E-state index >= 15 is 0 Å². The predicted molar refractivity (Wildman–Crippen MR) is 78.9 cm³/mol. The second kappa shape index (κ2) is 6.34. The quantitative estimate of drug-likeness (QED) is 0.830. The van der Waals surface area contributed by atoms with Crippen molar-refractivity contribution in [2.75, 3.05) is 13.1 Å². The molecule has 0 spiro atoms. The van der Waals surface area contributed by atoms with E-state index in [2.05, 4.69) is 30.2 Å². The number of nitrogens with zero attached hydrogens (tertiary/aromatic N) is 1. The molecule has 0 unspecified atom stereocenters. The monoisotopic (exact) mass is 256 g/mol. The van der Waals surface area contributed by atoms with Crippen LogP contribution in [-0.4, -0.2) is 18.1 Å². The van der Waals surface area contributed by atoms with E-state index in [0.717, 1.165) is 35.7 Å². The van der Waals surface area contributed by atoms with E-state index in [1.807, 2.05) is 37.3 Å². The summed E-state index contributed by atoms with van der Waals surface area (Å²) in [5.41, 5.74) is 3.09. The van der Waals surface area contributed by atoms with E-state index in [9.17, 15) is 0 Å². The number of benzene rings is 1. The number of allylic oxidation sites excluding steroid dienone is 1. The average Bonchev–Trinajstić information content (AvgIpc) is 2.82. The number of rotatable bonds is 5. The zero-order valence-corrected chi connectivity index (χ0v) is 11.7. The second-order valence-corrected chi connectivity index (χ2v) is 4.48. The molecule has 0 amide bonds. The molecule has 19 heavy (non-hydrogen) atoms. The summed E-state index contributed by atoms with van der Waals surface area (Å²) in [6, 6.07) is 9.98. The number of likely N-dealkylation sites (N-methyl/N-ethyl adjacent to an activating group) is 1. The summed E-state index contributed by atoms with van der Waals surface area (Å²) < 4.78 is 5.76. The molecule has 1 N–H and O–H groups in total. The van der Waals surface area contributed by atoms with Crippen LogP contribution < -0.4 is 5.32 Å². The van der Waals surface area contributed by atoms with Gasteiger partial charge in [0.15, 0.2) is 0 Å². The number of aromatic nitrogens is 1. The maximum atomic E-state index is 5.76. The van der Waals surface area contributed by atoms with Gasteiger partial charge in [-0.15, -0.1) is 0 Å². The summed E-state index contributed by atoms with van der Waals surface area (Å²) in [5, 5.41) is 3.27. The molecule has 2 rings (SSSR count). The van der Waals surface area contributed by atoms with Gasteiger partial charge in [0.2, 0.25) is 5.89 Å². The van der Waals surface area contributed by atoms with Crippen LogP contribution in [0.15, 0.2) is 40.8 Å². The Hall–Kier alpha value is -1.87. The van der Waals surface area contributed by atoms with Gasteiger partial charge in [0.1, 0.15) is 11.5 Å². The summed E-state index contributed by atoms with van der Waals surface area (Å²) >= 11 is 0. The highest BCUT2D eigenvalue weighted by Crippen LogP contribution is 2.25. The van der Waals surface area contributed by atoms with Crippen molar-refractivity contribution in [1.29, 1.82) is 0 Å². The molecular formula is C16H20N2O. The number of hydrogen-bond acceptors (Lipinski definition) is 3. The number of hydrogen-bond donors (Lipinski definition) is 1. The molecule has 1 heterocycles. The van der Waals surface area contributed by atoms with Crippen molar-refractivity contribution < 1.29 is 4.42 Å². The molecule has 100 valence electrons. The topological polar surface area (TPSA) is 38.1 Å². The van der Waals surface area contributed by atoms with Crippen molar-refractivity contribution in [2.24, 2.45) is 0 Å². The molecule has 0 saturated carbocycles. The molecule has 0 bridgehead atoms. The minimum absolute atomic E-state index is 0.685. The van der Waals surface area contributed by atoms with Gasteiger partial charge in [-0.05, 0) is 38.1 Å². The van der Waals surface area contributed by atoms with Gasteiger partial charge in [-0.1, -0.05) is 31.2 Å². The summed E-state index contributed by atoms with van der Waals surface area (Å²) in [6.45, 7) is 7.94. The zero-order chi connectivity index (χ0) is 13.7. The fourth-order valence-electron chi connectivity index (χ4n) is 1.93. The Bertz CT molecular complexity index is 555.